The molecule has 26 heavy (non-hydrogen) atoms. The minimum Gasteiger partial charge on any atom is -0.274 e. The monoisotopic (exact) mass is 381 g/mol. The van der Waals surface area contributed by atoms with Gasteiger partial charge in [0.15, 0.2) is 0 Å². The Hall–Kier alpha value is -1.74. The van der Waals surface area contributed by atoms with E-state index >= 15 is 0 Å². The summed E-state index contributed by atoms with van der Waals surface area (Å²) in [5.41, 5.74) is 8.73. The van der Waals surface area contributed by atoms with Crippen LogP contribution in [0.3, 0.4) is 0 Å². The molecule has 1 nitrogen and oxygen atoms in total. The quantitative estimate of drug-likeness (QED) is 0.579. The van der Waals surface area contributed by atoms with Gasteiger partial charge in [-0.15, -0.1) is 0 Å². The second-order valence-electron chi connectivity index (χ2n) is 6.67. The average molecular weight is 382 g/mol. The molecule has 3 rings (SSSR count). The largest absolute Gasteiger partial charge is 0.274 e. The van der Waals surface area contributed by atoms with E-state index in [0.717, 1.165) is 33.9 Å². The van der Waals surface area contributed by atoms with Crippen molar-refractivity contribution in [3.63, 3.8) is 0 Å². The van der Waals surface area contributed by atoms with Crippen molar-refractivity contribution in [2.24, 2.45) is 5.14 Å². The van der Waals surface area contributed by atoms with Crippen LogP contribution in [0.4, 0.5) is 0 Å². The summed E-state index contributed by atoms with van der Waals surface area (Å²) < 4.78 is 0. The molecule has 1 aliphatic rings. The Kier molecular flexibility index (Phi) is 6.08. The van der Waals surface area contributed by atoms with Gasteiger partial charge < -0.3 is 0 Å². The van der Waals surface area contributed by atoms with E-state index in [4.69, 9.17) is 16.7 Å². The summed E-state index contributed by atoms with van der Waals surface area (Å²) in [6.45, 7) is 6.31. The maximum absolute atomic E-state index is 6.41. The first kappa shape index (κ1) is 19.0. The highest BCUT2D eigenvalue weighted by atomic mass is 35.5. The lowest BCUT2D eigenvalue weighted by molar-refractivity contribution is 0.943. The number of hydrogen-bond donors (Lipinski definition) is 1. The number of fused-ring (bicyclic) bond motifs is 1. The van der Waals surface area contributed by atoms with Gasteiger partial charge in [-0.2, -0.15) is 0 Å². The molecule has 3 heteroatoms. The molecule has 0 radical (unpaired) electrons. The van der Waals surface area contributed by atoms with E-state index in [1.54, 1.807) is 0 Å². The van der Waals surface area contributed by atoms with Crippen molar-refractivity contribution in [2.75, 3.05) is 0 Å². The van der Waals surface area contributed by atoms with Crippen LogP contribution in [0.5, 0.6) is 0 Å². The van der Waals surface area contributed by atoms with Crippen molar-refractivity contribution < 1.29 is 0 Å². The van der Waals surface area contributed by atoms with Crippen LogP contribution >= 0.6 is 23.5 Å². The molecule has 0 saturated carbocycles. The molecule has 0 unspecified atom stereocenters. The van der Waals surface area contributed by atoms with Crippen LogP contribution in [0, 0.1) is 6.92 Å². The molecule has 0 heterocycles. The van der Waals surface area contributed by atoms with Crippen LogP contribution in [0.1, 0.15) is 42.5 Å². The molecule has 0 bridgehead atoms. The summed E-state index contributed by atoms with van der Waals surface area (Å²) >= 11 is 7.69. The van der Waals surface area contributed by atoms with Crippen LogP contribution in [0.25, 0.3) is 11.6 Å². The molecular formula is C23H24ClNS. The SMILES string of the molecule is C/C=C\C1=C(C)CCc2ccccc2/C1=C/c1cc(Cl)c(C)cc1SN. The van der Waals surface area contributed by atoms with Gasteiger partial charge in [-0.05, 0) is 97.2 Å². The number of allylic oxidation sites excluding steroid dienone is 5. The van der Waals surface area contributed by atoms with E-state index in [1.807, 2.05) is 13.0 Å². The van der Waals surface area contributed by atoms with Gasteiger partial charge in [0.05, 0.1) is 0 Å². The predicted octanol–water partition coefficient (Wildman–Crippen LogP) is 6.99. The van der Waals surface area contributed by atoms with Crippen molar-refractivity contribution in [1.29, 1.82) is 0 Å². The first-order chi connectivity index (χ1) is 12.5. The molecule has 1 aliphatic carbocycles. The lowest BCUT2D eigenvalue weighted by Crippen LogP contribution is -1.94. The van der Waals surface area contributed by atoms with Crippen molar-refractivity contribution in [3.8, 4) is 0 Å². The van der Waals surface area contributed by atoms with Gasteiger partial charge in [-0.25, -0.2) is 0 Å². The number of hydrogen-bond acceptors (Lipinski definition) is 2. The fourth-order valence-corrected chi connectivity index (χ4v) is 4.10. The van der Waals surface area contributed by atoms with Gasteiger partial charge in [-0.3, -0.25) is 5.14 Å². The molecule has 0 spiro atoms. The van der Waals surface area contributed by atoms with Gasteiger partial charge in [0.25, 0.3) is 0 Å². The molecule has 2 aromatic rings. The van der Waals surface area contributed by atoms with Gasteiger partial charge in [0.1, 0.15) is 0 Å². The van der Waals surface area contributed by atoms with Crippen LogP contribution < -0.4 is 5.14 Å². The molecule has 0 amide bonds. The normalized spacial score (nSPS) is 16.3. The van der Waals surface area contributed by atoms with Crippen molar-refractivity contribution in [3.05, 3.63) is 87.0 Å². The van der Waals surface area contributed by atoms with Crippen molar-refractivity contribution in [2.45, 2.75) is 38.5 Å². The fraction of sp³-hybridized carbons (Fsp3) is 0.217. The van der Waals surface area contributed by atoms with Crippen LogP contribution in [0.15, 0.2) is 64.6 Å². The van der Waals surface area contributed by atoms with Crippen LogP contribution in [0.2, 0.25) is 5.02 Å². The molecule has 0 aromatic heterocycles. The number of aryl methyl sites for hydroxylation is 2. The first-order valence-electron chi connectivity index (χ1n) is 8.84. The zero-order valence-electron chi connectivity index (χ0n) is 15.5. The average Bonchev–Trinajstić information content (AvgIpc) is 2.77. The molecule has 0 saturated heterocycles. The lowest BCUT2D eigenvalue weighted by atomic mass is 9.91. The van der Waals surface area contributed by atoms with E-state index in [9.17, 15) is 0 Å². The summed E-state index contributed by atoms with van der Waals surface area (Å²) in [5, 5.41) is 6.71. The predicted molar refractivity (Wildman–Crippen MR) is 116 cm³/mol. The Morgan fingerprint density at radius 2 is 1.88 bits per heavy atom. The molecule has 2 aromatic carbocycles. The Labute approximate surface area is 165 Å². The number of rotatable bonds is 3. The summed E-state index contributed by atoms with van der Waals surface area (Å²) in [5.74, 6) is 0. The topological polar surface area (TPSA) is 26.0 Å². The maximum Gasteiger partial charge on any atom is 0.0441 e. The molecule has 0 fully saturated rings. The van der Waals surface area contributed by atoms with E-state index < -0.39 is 0 Å². The Balaban J connectivity index is 2.29. The Morgan fingerprint density at radius 1 is 1.12 bits per heavy atom. The van der Waals surface area contributed by atoms with E-state index in [2.05, 4.69) is 62.4 Å². The fourth-order valence-electron chi connectivity index (χ4n) is 3.43. The molecule has 0 aliphatic heterocycles. The van der Waals surface area contributed by atoms with Crippen LogP contribution in [-0.4, -0.2) is 0 Å². The van der Waals surface area contributed by atoms with Crippen molar-refractivity contribution in [1.82, 2.24) is 0 Å². The maximum atomic E-state index is 6.41. The van der Waals surface area contributed by atoms with E-state index in [-0.39, 0.29) is 0 Å². The standard InChI is InChI=1S/C23H24ClNS/c1-4-7-19-15(2)10-11-17-8-5-6-9-20(17)21(19)13-18-14-22(24)16(3)12-23(18)26-25/h4-9,12-14H,10-11,25H2,1-3H3/b7-4-,21-13+. The highest BCUT2D eigenvalue weighted by molar-refractivity contribution is 7.97. The van der Waals surface area contributed by atoms with E-state index in [0.29, 0.717) is 0 Å². The molecule has 2 N–H and O–H groups in total. The third-order valence-electron chi connectivity index (χ3n) is 4.88. The van der Waals surface area contributed by atoms with Gasteiger partial charge >= 0.3 is 0 Å². The lowest BCUT2D eigenvalue weighted by Gasteiger charge is -2.14. The highest BCUT2D eigenvalue weighted by Gasteiger charge is 2.18. The van der Waals surface area contributed by atoms with Crippen LogP contribution in [-0.2, 0) is 6.42 Å². The molecule has 134 valence electrons. The number of nitrogens with two attached hydrogens (primary N) is 1. The second-order valence-corrected chi connectivity index (χ2v) is 7.75. The second kappa shape index (κ2) is 8.30. The molecule has 0 atom stereocenters. The van der Waals surface area contributed by atoms with Gasteiger partial charge in [-0.1, -0.05) is 53.6 Å². The highest BCUT2D eigenvalue weighted by Crippen LogP contribution is 2.38. The first-order valence-corrected chi connectivity index (χ1v) is 10.1. The third-order valence-corrected chi connectivity index (χ3v) is 5.89. The number of halogens is 1. The Morgan fingerprint density at radius 3 is 2.62 bits per heavy atom. The van der Waals surface area contributed by atoms with Gasteiger partial charge in [0, 0.05) is 9.92 Å². The smallest absolute Gasteiger partial charge is 0.0441 e. The third kappa shape index (κ3) is 3.83. The van der Waals surface area contributed by atoms with Gasteiger partial charge in [0.2, 0.25) is 0 Å². The zero-order chi connectivity index (χ0) is 18.7. The van der Waals surface area contributed by atoms with E-state index in [1.165, 1.54) is 39.8 Å². The molecular weight excluding hydrogens is 358 g/mol. The summed E-state index contributed by atoms with van der Waals surface area (Å²) in [7, 11) is 0. The van der Waals surface area contributed by atoms with Crippen molar-refractivity contribution >= 4 is 35.2 Å². The minimum absolute atomic E-state index is 0.768. The summed E-state index contributed by atoms with van der Waals surface area (Å²) in [6.07, 6.45) is 8.70. The summed E-state index contributed by atoms with van der Waals surface area (Å²) in [6, 6.07) is 12.8. The number of benzene rings is 2. The summed E-state index contributed by atoms with van der Waals surface area (Å²) in [4.78, 5) is 1.04. The minimum atomic E-state index is 0.768. The Bertz CT molecular complexity index is 922. The zero-order valence-corrected chi connectivity index (χ0v) is 17.0.